The number of hydrogen-bond donors (Lipinski definition) is 0. The van der Waals surface area contributed by atoms with Gasteiger partial charge in [-0.2, -0.15) is 5.26 Å². The van der Waals surface area contributed by atoms with Crippen molar-refractivity contribution in [1.29, 1.82) is 5.26 Å². The van der Waals surface area contributed by atoms with Gasteiger partial charge in [-0.15, -0.1) is 0 Å². The van der Waals surface area contributed by atoms with Crippen LogP contribution in [0, 0.1) is 11.3 Å². The van der Waals surface area contributed by atoms with Gasteiger partial charge in [0.1, 0.15) is 0 Å². The van der Waals surface area contributed by atoms with E-state index in [1.807, 2.05) is 0 Å². The summed E-state index contributed by atoms with van der Waals surface area (Å²) < 4.78 is 0. The quantitative estimate of drug-likeness (QED) is 0.257. The van der Waals surface area contributed by atoms with Crippen LogP contribution in [0.1, 0.15) is 96.8 Å². The zero-order valence-electron chi connectivity index (χ0n) is 13.0. The third-order valence-electron chi connectivity index (χ3n) is 3.55. The lowest BCUT2D eigenvalue weighted by atomic mass is 10.1. The molecule has 0 amide bonds. The summed E-state index contributed by atoms with van der Waals surface area (Å²) >= 11 is 0. The second kappa shape index (κ2) is 17.2. The van der Waals surface area contributed by atoms with Crippen LogP contribution in [-0.4, -0.2) is 0 Å². The molecular formula is C18H33N. The van der Waals surface area contributed by atoms with E-state index in [4.69, 9.17) is 5.26 Å². The van der Waals surface area contributed by atoms with Gasteiger partial charge in [-0.1, -0.05) is 70.4 Å². The van der Waals surface area contributed by atoms with E-state index in [-0.39, 0.29) is 0 Å². The molecule has 0 aromatic heterocycles. The summed E-state index contributed by atoms with van der Waals surface area (Å²) in [6.45, 7) is 2.26. The van der Waals surface area contributed by atoms with Gasteiger partial charge >= 0.3 is 0 Å². The van der Waals surface area contributed by atoms with Crippen LogP contribution in [0.15, 0.2) is 12.2 Å². The zero-order chi connectivity index (χ0) is 14.0. The minimum absolute atomic E-state index is 0.739. The smallest absolute Gasteiger partial charge is 0.0621 e. The second-order valence-corrected chi connectivity index (χ2v) is 5.49. The predicted molar refractivity (Wildman–Crippen MR) is 85.1 cm³/mol. The molecule has 0 fully saturated rings. The molecule has 0 aliphatic rings. The first kappa shape index (κ1) is 18.2. The van der Waals surface area contributed by atoms with Gasteiger partial charge in [-0.05, 0) is 32.1 Å². The highest BCUT2D eigenvalue weighted by atomic mass is 14.2. The van der Waals surface area contributed by atoms with Crippen LogP contribution in [0.4, 0.5) is 0 Å². The van der Waals surface area contributed by atoms with E-state index in [1.54, 1.807) is 0 Å². The summed E-state index contributed by atoms with van der Waals surface area (Å²) in [6.07, 6.45) is 22.6. The van der Waals surface area contributed by atoms with E-state index in [1.165, 1.54) is 77.0 Å². The van der Waals surface area contributed by atoms with Crippen LogP contribution in [0.5, 0.6) is 0 Å². The lowest BCUT2D eigenvalue weighted by Crippen LogP contribution is -1.80. The molecule has 0 saturated carbocycles. The molecule has 1 heteroatoms. The molecule has 0 aliphatic heterocycles. The van der Waals surface area contributed by atoms with Crippen molar-refractivity contribution in [2.45, 2.75) is 96.8 Å². The fourth-order valence-corrected chi connectivity index (χ4v) is 2.27. The van der Waals surface area contributed by atoms with Crippen molar-refractivity contribution in [1.82, 2.24) is 0 Å². The molecule has 19 heavy (non-hydrogen) atoms. The highest BCUT2D eigenvalue weighted by molar-refractivity contribution is 4.81. The monoisotopic (exact) mass is 263 g/mol. The minimum atomic E-state index is 0.739. The van der Waals surface area contributed by atoms with E-state index < -0.39 is 0 Å². The van der Waals surface area contributed by atoms with Gasteiger partial charge in [0, 0.05) is 6.42 Å². The van der Waals surface area contributed by atoms with Crippen molar-refractivity contribution in [2.24, 2.45) is 0 Å². The summed E-state index contributed by atoms with van der Waals surface area (Å²) in [5.41, 5.74) is 0. The molecule has 0 spiro atoms. The van der Waals surface area contributed by atoms with Crippen LogP contribution in [0.2, 0.25) is 0 Å². The van der Waals surface area contributed by atoms with Crippen molar-refractivity contribution < 1.29 is 0 Å². The number of nitrogens with zero attached hydrogens (tertiary/aromatic N) is 1. The maximum Gasteiger partial charge on any atom is 0.0621 e. The Kier molecular flexibility index (Phi) is 16.5. The topological polar surface area (TPSA) is 23.8 Å². The van der Waals surface area contributed by atoms with Gasteiger partial charge in [0.15, 0.2) is 0 Å². The molecule has 0 bridgehead atoms. The van der Waals surface area contributed by atoms with Crippen LogP contribution in [-0.2, 0) is 0 Å². The van der Waals surface area contributed by atoms with Crippen LogP contribution < -0.4 is 0 Å². The third kappa shape index (κ3) is 17.2. The van der Waals surface area contributed by atoms with Gasteiger partial charge in [-0.25, -0.2) is 0 Å². The molecule has 0 aromatic carbocycles. The first-order chi connectivity index (χ1) is 9.41. The Hall–Kier alpha value is -0.770. The number of unbranched alkanes of at least 4 members (excludes halogenated alkanes) is 12. The van der Waals surface area contributed by atoms with Gasteiger partial charge in [0.25, 0.3) is 0 Å². The van der Waals surface area contributed by atoms with Crippen LogP contribution in [0.25, 0.3) is 0 Å². The fourth-order valence-electron chi connectivity index (χ4n) is 2.27. The number of hydrogen-bond acceptors (Lipinski definition) is 1. The molecule has 0 aliphatic carbocycles. The van der Waals surface area contributed by atoms with Crippen molar-refractivity contribution >= 4 is 0 Å². The van der Waals surface area contributed by atoms with Crippen molar-refractivity contribution in [3.8, 4) is 6.07 Å². The Bertz CT molecular complexity index is 224. The van der Waals surface area contributed by atoms with Gasteiger partial charge in [-0.3, -0.25) is 0 Å². The number of nitriles is 1. The van der Waals surface area contributed by atoms with Crippen molar-refractivity contribution in [3.05, 3.63) is 12.2 Å². The standard InChI is InChI=1S/C18H33N/c1-2-3-4-5-6-7-8-9-10-11-12-13-14-15-16-17-18-19/h7-8H,2-6,9-17H2,1H3. The molecule has 0 heterocycles. The average Bonchev–Trinajstić information content (AvgIpc) is 2.43. The Morgan fingerprint density at radius 3 is 1.68 bits per heavy atom. The Labute approximate surface area is 121 Å². The lowest BCUT2D eigenvalue weighted by molar-refractivity contribution is 0.584. The van der Waals surface area contributed by atoms with E-state index in [0.29, 0.717) is 0 Å². The van der Waals surface area contributed by atoms with E-state index in [2.05, 4.69) is 25.1 Å². The number of rotatable bonds is 14. The summed E-state index contributed by atoms with van der Waals surface area (Å²) in [5, 5.41) is 8.41. The van der Waals surface area contributed by atoms with E-state index in [0.717, 1.165) is 12.8 Å². The lowest BCUT2D eigenvalue weighted by Gasteiger charge is -1.99. The predicted octanol–water partition coefficient (Wildman–Crippen LogP) is 6.55. The van der Waals surface area contributed by atoms with Crippen LogP contribution >= 0.6 is 0 Å². The molecule has 0 aromatic rings. The Balaban J connectivity index is 3.02. The zero-order valence-corrected chi connectivity index (χ0v) is 13.0. The summed E-state index contributed by atoms with van der Waals surface area (Å²) in [5.74, 6) is 0. The molecule has 0 unspecified atom stereocenters. The maximum atomic E-state index is 8.41. The fraction of sp³-hybridized carbons (Fsp3) is 0.833. The maximum absolute atomic E-state index is 8.41. The largest absolute Gasteiger partial charge is 0.198 e. The molecule has 0 N–H and O–H groups in total. The van der Waals surface area contributed by atoms with Crippen molar-refractivity contribution in [3.63, 3.8) is 0 Å². The van der Waals surface area contributed by atoms with Crippen molar-refractivity contribution in [2.75, 3.05) is 0 Å². The van der Waals surface area contributed by atoms with Gasteiger partial charge in [0.05, 0.1) is 6.07 Å². The molecule has 1 nitrogen and oxygen atoms in total. The SMILES string of the molecule is CCCCCCC=CCCCCCCCCCC#N. The van der Waals surface area contributed by atoms with Gasteiger partial charge in [0.2, 0.25) is 0 Å². The molecular weight excluding hydrogens is 230 g/mol. The summed E-state index contributed by atoms with van der Waals surface area (Å²) in [4.78, 5) is 0. The molecule has 0 radical (unpaired) electrons. The first-order valence-corrected chi connectivity index (χ1v) is 8.43. The summed E-state index contributed by atoms with van der Waals surface area (Å²) in [7, 11) is 0. The molecule has 0 rings (SSSR count). The normalized spacial score (nSPS) is 10.9. The second-order valence-electron chi connectivity index (χ2n) is 5.49. The summed E-state index contributed by atoms with van der Waals surface area (Å²) in [6, 6.07) is 2.21. The molecule has 0 atom stereocenters. The Morgan fingerprint density at radius 1 is 0.684 bits per heavy atom. The number of allylic oxidation sites excluding steroid dienone is 2. The van der Waals surface area contributed by atoms with Crippen LogP contribution in [0.3, 0.4) is 0 Å². The molecule has 110 valence electrons. The molecule has 0 saturated heterocycles. The Morgan fingerprint density at radius 2 is 1.16 bits per heavy atom. The first-order valence-electron chi connectivity index (χ1n) is 8.43. The highest BCUT2D eigenvalue weighted by Gasteiger charge is 1.91. The van der Waals surface area contributed by atoms with Gasteiger partial charge < -0.3 is 0 Å². The highest BCUT2D eigenvalue weighted by Crippen LogP contribution is 2.10. The third-order valence-corrected chi connectivity index (χ3v) is 3.55. The average molecular weight is 263 g/mol. The van der Waals surface area contributed by atoms with E-state index >= 15 is 0 Å². The van der Waals surface area contributed by atoms with E-state index in [9.17, 15) is 0 Å². The minimum Gasteiger partial charge on any atom is -0.198 e.